The minimum absolute atomic E-state index is 0.658. The summed E-state index contributed by atoms with van der Waals surface area (Å²) in [6.45, 7) is 11.6. The highest BCUT2D eigenvalue weighted by Gasteiger charge is 2.12. The first-order chi connectivity index (χ1) is 15.3. The zero-order valence-corrected chi connectivity index (χ0v) is 18.9. The van der Waals surface area contributed by atoms with Crippen LogP contribution in [0.4, 0.5) is 0 Å². The van der Waals surface area contributed by atoms with Crippen LogP contribution in [0.25, 0.3) is 0 Å². The van der Waals surface area contributed by atoms with Gasteiger partial charge in [0.2, 0.25) is 0 Å². The van der Waals surface area contributed by atoms with Crippen LogP contribution in [0.15, 0.2) is 53.5 Å². The number of hydrogen-bond donors (Lipinski definition) is 2. The van der Waals surface area contributed by atoms with Crippen LogP contribution in [0.5, 0.6) is 5.75 Å². The lowest BCUT2D eigenvalue weighted by Gasteiger charge is -2.27. The lowest BCUT2D eigenvalue weighted by atomic mass is 10.1. The van der Waals surface area contributed by atoms with Crippen molar-refractivity contribution in [1.82, 2.24) is 15.5 Å². The number of aliphatic imine (C=N–C) groups is 1. The molecule has 0 saturated carbocycles. The van der Waals surface area contributed by atoms with Gasteiger partial charge in [-0.3, -0.25) is 4.90 Å². The van der Waals surface area contributed by atoms with Gasteiger partial charge in [0.15, 0.2) is 5.96 Å². The maximum Gasteiger partial charge on any atom is 0.191 e. The van der Waals surface area contributed by atoms with Crippen molar-refractivity contribution in [2.24, 2.45) is 4.99 Å². The average Bonchev–Trinajstić information content (AvgIpc) is 2.80. The van der Waals surface area contributed by atoms with Crippen molar-refractivity contribution in [3.05, 3.63) is 65.2 Å². The third-order valence-corrected chi connectivity index (χ3v) is 5.33. The topological polar surface area (TPSA) is 58.1 Å². The lowest BCUT2D eigenvalue weighted by molar-refractivity contribution is 0.0341. The molecule has 1 aliphatic rings. The van der Waals surface area contributed by atoms with Crippen LogP contribution in [0.3, 0.4) is 0 Å². The number of guanidine groups is 1. The fourth-order valence-corrected chi connectivity index (χ4v) is 3.69. The number of morpholine rings is 1. The van der Waals surface area contributed by atoms with Crippen LogP contribution in [0, 0.1) is 0 Å². The van der Waals surface area contributed by atoms with Gasteiger partial charge in [-0.15, -0.1) is 0 Å². The van der Waals surface area contributed by atoms with E-state index in [0.29, 0.717) is 13.2 Å². The second kappa shape index (κ2) is 13.0. The van der Waals surface area contributed by atoms with E-state index >= 15 is 0 Å². The molecular formula is C25H36N4O2. The van der Waals surface area contributed by atoms with Gasteiger partial charge in [-0.05, 0) is 43.0 Å². The largest absolute Gasteiger partial charge is 0.494 e. The Morgan fingerprint density at radius 2 is 1.68 bits per heavy atom. The van der Waals surface area contributed by atoms with E-state index in [1.807, 2.05) is 19.1 Å². The van der Waals surface area contributed by atoms with Crippen molar-refractivity contribution in [3.8, 4) is 5.75 Å². The maximum atomic E-state index is 5.74. The summed E-state index contributed by atoms with van der Waals surface area (Å²) in [6, 6.07) is 16.8. The average molecular weight is 425 g/mol. The molecule has 1 fully saturated rings. The summed E-state index contributed by atoms with van der Waals surface area (Å²) in [4.78, 5) is 7.30. The quantitative estimate of drug-likeness (QED) is 0.453. The Labute approximate surface area is 186 Å². The fraction of sp³-hybridized carbons (Fsp3) is 0.480. The molecule has 0 unspecified atom stereocenters. The summed E-state index contributed by atoms with van der Waals surface area (Å²) >= 11 is 0. The van der Waals surface area contributed by atoms with E-state index in [1.54, 1.807) is 0 Å². The first-order valence-electron chi connectivity index (χ1n) is 11.4. The van der Waals surface area contributed by atoms with E-state index in [-0.39, 0.29) is 0 Å². The number of nitrogens with one attached hydrogen (secondary N) is 2. The smallest absolute Gasteiger partial charge is 0.191 e. The minimum atomic E-state index is 0.658. The van der Waals surface area contributed by atoms with Gasteiger partial charge in [-0.25, -0.2) is 4.99 Å². The molecule has 0 radical (unpaired) electrons. The molecule has 1 heterocycles. The molecule has 0 spiro atoms. The van der Waals surface area contributed by atoms with Gasteiger partial charge in [0.1, 0.15) is 5.75 Å². The highest BCUT2D eigenvalue weighted by Crippen LogP contribution is 2.18. The van der Waals surface area contributed by atoms with E-state index in [0.717, 1.165) is 64.1 Å². The Hall–Kier alpha value is -2.57. The lowest BCUT2D eigenvalue weighted by Crippen LogP contribution is -2.38. The highest BCUT2D eigenvalue weighted by atomic mass is 16.5. The van der Waals surface area contributed by atoms with Crippen LogP contribution in [0.2, 0.25) is 0 Å². The standard InChI is InChI=1S/C25H36N4O2/c1-3-26-25(27-14-13-21-9-7-8-12-24(21)31-4-2)28-19-22-10-5-6-11-23(22)20-29-15-17-30-18-16-29/h5-12H,3-4,13-20H2,1-2H3,(H2,26,27,28). The van der Waals surface area contributed by atoms with Gasteiger partial charge >= 0.3 is 0 Å². The number of benzene rings is 2. The van der Waals surface area contributed by atoms with Gasteiger partial charge in [0, 0.05) is 32.7 Å². The van der Waals surface area contributed by atoms with E-state index in [1.165, 1.54) is 16.7 Å². The Morgan fingerprint density at radius 3 is 2.42 bits per heavy atom. The molecular weight excluding hydrogens is 388 g/mol. The highest BCUT2D eigenvalue weighted by molar-refractivity contribution is 5.79. The van der Waals surface area contributed by atoms with Crippen LogP contribution >= 0.6 is 0 Å². The molecule has 1 saturated heterocycles. The molecule has 2 aromatic rings. The summed E-state index contributed by atoms with van der Waals surface area (Å²) in [7, 11) is 0. The van der Waals surface area contributed by atoms with E-state index < -0.39 is 0 Å². The Bertz CT molecular complexity index is 819. The number of hydrogen-bond acceptors (Lipinski definition) is 4. The zero-order valence-electron chi connectivity index (χ0n) is 18.9. The molecule has 1 aliphatic heterocycles. The number of nitrogens with zero attached hydrogens (tertiary/aromatic N) is 2. The predicted octanol–water partition coefficient (Wildman–Crippen LogP) is 3.22. The number of ether oxygens (including phenoxy) is 2. The zero-order chi connectivity index (χ0) is 21.7. The van der Waals surface area contributed by atoms with Crippen molar-refractivity contribution in [2.75, 3.05) is 46.0 Å². The second-order valence-corrected chi connectivity index (χ2v) is 7.57. The summed E-state index contributed by atoms with van der Waals surface area (Å²) in [5.74, 6) is 1.81. The van der Waals surface area contributed by atoms with E-state index in [9.17, 15) is 0 Å². The van der Waals surface area contributed by atoms with Crippen LogP contribution in [-0.2, 0) is 24.2 Å². The molecule has 6 nitrogen and oxygen atoms in total. The molecule has 31 heavy (non-hydrogen) atoms. The van der Waals surface area contributed by atoms with Crippen molar-refractivity contribution in [1.29, 1.82) is 0 Å². The third-order valence-electron chi connectivity index (χ3n) is 5.33. The van der Waals surface area contributed by atoms with Gasteiger partial charge in [0.25, 0.3) is 0 Å². The SMILES string of the molecule is CCNC(=NCc1ccccc1CN1CCOCC1)NCCc1ccccc1OCC. The molecule has 0 aromatic heterocycles. The molecule has 3 rings (SSSR count). The molecule has 0 bridgehead atoms. The summed E-state index contributed by atoms with van der Waals surface area (Å²) in [5, 5.41) is 6.83. The maximum absolute atomic E-state index is 5.74. The Morgan fingerprint density at radius 1 is 0.968 bits per heavy atom. The monoisotopic (exact) mass is 424 g/mol. The van der Waals surface area contributed by atoms with Crippen molar-refractivity contribution in [3.63, 3.8) is 0 Å². The predicted molar refractivity (Wildman–Crippen MR) is 127 cm³/mol. The van der Waals surface area contributed by atoms with Crippen molar-refractivity contribution < 1.29 is 9.47 Å². The van der Waals surface area contributed by atoms with E-state index in [2.05, 4.69) is 58.9 Å². The van der Waals surface area contributed by atoms with Crippen LogP contribution < -0.4 is 15.4 Å². The molecule has 0 atom stereocenters. The Balaban J connectivity index is 1.58. The molecule has 0 aliphatic carbocycles. The van der Waals surface area contributed by atoms with Crippen LogP contribution in [0.1, 0.15) is 30.5 Å². The number of para-hydroxylation sites is 1. The number of rotatable bonds is 10. The Kier molecular flexibility index (Phi) is 9.67. The fourth-order valence-electron chi connectivity index (χ4n) is 3.69. The summed E-state index contributed by atoms with van der Waals surface area (Å²) in [6.07, 6.45) is 0.883. The van der Waals surface area contributed by atoms with Crippen molar-refractivity contribution in [2.45, 2.75) is 33.4 Å². The van der Waals surface area contributed by atoms with Gasteiger partial charge in [-0.1, -0.05) is 42.5 Å². The molecule has 0 amide bonds. The van der Waals surface area contributed by atoms with Crippen molar-refractivity contribution >= 4 is 5.96 Å². The minimum Gasteiger partial charge on any atom is -0.494 e. The van der Waals surface area contributed by atoms with Crippen LogP contribution in [-0.4, -0.2) is 56.9 Å². The first-order valence-corrected chi connectivity index (χ1v) is 11.4. The molecule has 168 valence electrons. The third kappa shape index (κ3) is 7.56. The van der Waals surface area contributed by atoms with E-state index in [4.69, 9.17) is 14.5 Å². The summed E-state index contributed by atoms with van der Waals surface area (Å²) in [5.41, 5.74) is 3.83. The van der Waals surface area contributed by atoms with Gasteiger partial charge < -0.3 is 20.1 Å². The molecule has 2 aromatic carbocycles. The van der Waals surface area contributed by atoms with Gasteiger partial charge in [0.05, 0.1) is 26.4 Å². The summed E-state index contributed by atoms with van der Waals surface area (Å²) < 4.78 is 11.2. The second-order valence-electron chi connectivity index (χ2n) is 7.57. The molecule has 6 heteroatoms. The normalized spacial score (nSPS) is 15.0. The first kappa shape index (κ1) is 23.1. The molecule has 2 N–H and O–H groups in total. The van der Waals surface area contributed by atoms with Gasteiger partial charge in [-0.2, -0.15) is 0 Å².